The highest BCUT2D eigenvalue weighted by molar-refractivity contribution is 5.28. The Labute approximate surface area is 128 Å². The fourth-order valence-corrected chi connectivity index (χ4v) is 3.90. The Balaban J connectivity index is 2.38. The summed E-state index contributed by atoms with van der Waals surface area (Å²) in [5, 5.41) is 3.55. The number of hydrogen-bond donors (Lipinski definition) is 1. The van der Waals surface area contributed by atoms with Crippen LogP contribution in [-0.4, -0.2) is 42.7 Å². The number of rotatable bonds is 7. The number of methoxy groups -OCH3 is 1. The molecule has 2 heterocycles. The first-order valence-electron chi connectivity index (χ1n) is 8.13. The maximum absolute atomic E-state index is 5.35. The van der Waals surface area contributed by atoms with Crippen LogP contribution in [0, 0.1) is 0 Å². The summed E-state index contributed by atoms with van der Waals surface area (Å²) in [4.78, 5) is 7.02. The number of pyridine rings is 1. The summed E-state index contributed by atoms with van der Waals surface area (Å²) in [6, 6.07) is 2.39. The van der Waals surface area contributed by atoms with Crippen LogP contribution in [0.3, 0.4) is 0 Å². The smallest absolute Gasteiger partial charge is 0.137 e. The first-order valence-corrected chi connectivity index (χ1v) is 8.13. The van der Waals surface area contributed by atoms with Gasteiger partial charge >= 0.3 is 0 Å². The van der Waals surface area contributed by atoms with Gasteiger partial charge in [0.1, 0.15) is 5.75 Å². The van der Waals surface area contributed by atoms with E-state index in [2.05, 4.69) is 42.2 Å². The second-order valence-corrected chi connectivity index (χ2v) is 5.88. The monoisotopic (exact) mass is 291 g/mol. The Morgan fingerprint density at radius 3 is 2.48 bits per heavy atom. The highest BCUT2D eigenvalue weighted by atomic mass is 16.5. The van der Waals surface area contributed by atoms with Gasteiger partial charge in [-0.2, -0.15) is 0 Å². The molecule has 1 aliphatic rings. The van der Waals surface area contributed by atoms with Crippen molar-refractivity contribution in [2.24, 2.45) is 0 Å². The number of nitrogens with zero attached hydrogens (tertiary/aromatic N) is 2. The lowest BCUT2D eigenvalue weighted by molar-refractivity contribution is 0.0645. The van der Waals surface area contributed by atoms with Gasteiger partial charge in [0.15, 0.2) is 0 Å². The highest BCUT2D eigenvalue weighted by Gasteiger charge is 2.42. The third-order valence-electron chi connectivity index (χ3n) is 5.09. The molecule has 1 aromatic heterocycles. The van der Waals surface area contributed by atoms with Crippen LogP contribution in [-0.2, 0) is 0 Å². The van der Waals surface area contributed by atoms with E-state index in [0.717, 1.165) is 18.6 Å². The Kier molecular flexibility index (Phi) is 5.59. The topological polar surface area (TPSA) is 37.4 Å². The minimum Gasteiger partial charge on any atom is -0.495 e. The SMILES string of the molecule is CCC(CC)(C(NC)c1cncc(OC)c1)N1CCCC1. The fraction of sp³-hybridized carbons (Fsp3) is 0.706. The number of ether oxygens (including phenoxy) is 1. The van der Waals surface area contributed by atoms with Crippen molar-refractivity contribution in [3.05, 3.63) is 24.0 Å². The van der Waals surface area contributed by atoms with Crippen LogP contribution < -0.4 is 10.1 Å². The standard InChI is InChI=1S/C17H29N3O/c1-5-17(6-2,20-9-7-8-10-20)16(18-3)14-11-15(21-4)13-19-12-14/h11-13,16,18H,5-10H2,1-4H3. The normalized spacial score (nSPS) is 17.9. The summed E-state index contributed by atoms with van der Waals surface area (Å²) in [6.07, 6.45) is 8.63. The zero-order chi connectivity index (χ0) is 15.3. The van der Waals surface area contributed by atoms with Crippen molar-refractivity contribution >= 4 is 0 Å². The van der Waals surface area contributed by atoms with Crippen molar-refractivity contribution in [1.82, 2.24) is 15.2 Å². The molecule has 21 heavy (non-hydrogen) atoms. The Hall–Kier alpha value is -1.13. The molecule has 0 aromatic carbocycles. The van der Waals surface area contributed by atoms with Crippen molar-refractivity contribution < 1.29 is 4.74 Å². The Bertz CT molecular complexity index is 439. The molecule has 1 saturated heterocycles. The van der Waals surface area contributed by atoms with E-state index >= 15 is 0 Å². The molecule has 1 N–H and O–H groups in total. The van der Waals surface area contributed by atoms with Crippen molar-refractivity contribution in [3.63, 3.8) is 0 Å². The number of likely N-dealkylation sites (tertiary alicyclic amines) is 1. The molecular weight excluding hydrogens is 262 g/mol. The van der Waals surface area contributed by atoms with Gasteiger partial charge in [0, 0.05) is 11.7 Å². The van der Waals surface area contributed by atoms with E-state index in [1.807, 2.05) is 6.20 Å². The van der Waals surface area contributed by atoms with Crippen molar-refractivity contribution in [3.8, 4) is 5.75 Å². The van der Waals surface area contributed by atoms with Crippen LogP contribution in [0.25, 0.3) is 0 Å². The molecule has 4 heteroatoms. The molecule has 0 saturated carbocycles. The molecule has 0 bridgehead atoms. The van der Waals surface area contributed by atoms with Gasteiger partial charge in [0.2, 0.25) is 0 Å². The second kappa shape index (κ2) is 7.23. The van der Waals surface area contributed by atoms with Gasteiger partial charge in [-0.1, -0.05) is 13.8 Å². The van der Waals surface area contributed by atoms with Crippen LogP contribution in [0.5, 0.6) is 5.75 Å². The third-order valence-corrected chi connectivity index (χ3v) is 5.09. The summed E-state index contributed by atoms with van der Waals surface area (Å²) in [6.45, 7) is 7.02. The van der Waals surface area contributed by atoms with Crippen LogP contribution >= 0.6 is 0 Å². The molecule has 1 aromatic rings. The van der Waals surface area contributed by atoms with E-state index in [-0.39, 0.29) is 11.6 Å². The molecule has 4 nitrogen and oxygen atoms in total. The zero-order valence-electron chi connectivity index (χ0n) is 13.9. The minimum absolute atomic E-state index is 0.152. The summed E-state index contributed by atoms with van der Waals surface area (Å²) < 4.78 is 5.35. The van der Waals surface area contributed by atoms with Gasteiger partial charge in [0.05, 0.1) is 19.3 Å². The average Bonchev–Trinajstić information content (AvgIpc) is 3.07. The quantitative estimate of drug-likeness (QED) is 0.838. The molecule has 2 rings (SSSR count). The van der Waals surface area contributed by atoms with Crippen LogP contribution in [0.2, 0.25) is 0 Å². The van der Waals surface area contributed by atoms with Gasteiger partial charge in [0.25, 0.3) is 0 Å². The number of likely N-dealkylation sites (N-methyl/N-ethyl adjacent to an activating group) is 1. The highest BCUT2D eigenvalue weighted by Crippen LogP contribution is 2.39. The van der Waals surface area contributed by atoms with E-state index in [1.54, 1.807) is 13.3 Å². The van der Waals surface area contributed by atoms with E-state index in [9.17, 15) is 0 Å². The van der Waals surface area contributed by atoms with Gasteiger partial charge in [-0.05, 0) is 57.5 Å². The maximum Gasteiger partial charge on any atom is 0.137 e. The molecule has 0 radical (unpaired) electrons. The first kappa shape index (κ1) is 16.2. The minimum atomic E-state index is 0.152. The molecule has 118 valence electrons. The number of hydrogen-bond acceptors (Lipinski definition) is 4. The molecule has 0 spiro atoms. The Morgan fingerprint density at radius 2 is 1.95 bits per heavy atom. The van der Waals surface area contributed by atoms with Crippen LogP contribution in [0.1, 0.15) is 51.1 Å². The summed E-state index contributed by atoms with van der Waals surface area (Å²) in [7, 11) is 3.75. The van der Waals surface area contributed by atoms with Gasteiger partial charge in [-0.15, -0.1) is 0 Å². The van der Waals surface area contributed by atoms with Gasteiger partial charge in [-0.3, -0.25) is 9.88 Å². The van der Waals surface area contributed by atoms with Gasteiger partial charge in [-0.25, -0.2) is 0 Å². The summed E-state index contributed by atoms with van der Waals surface area (Å²) in [5.41, 5.74) is 1.37. The lowest BCUT2D eigenvalue weighted by Gasteiger charge is -2.47. The molecule has 0 amide bonds. The third kappa shape index (κ3) is 3.06. The van der Waals surface area contributed by atoms with E-state index in [4.69, 9.17) is 4.74 Å². The lowest BCUT2D eigenvalue weighted by atomic mass is 9.79. The Morgan fingerprint density at radius 1 is 1.29 bits per heavy atom. The molecule has 1 unspecified atom stereocenters. The van der Waals surface area contributed by atoms with E-state index in [1.165, 1.54) is 31.5 Å². The van der Waals surface area contributed by atoms with Crippen molar-refractivity contribution in [2.75, 3.05) is 27.2 Å². The predicted octanol–water partition coefficient (Wildman–Crippen LogP) is 3.01. The van der Waals surface area contributed by atoms with E-state index < -0.39 is 0 Å². The average molecular weight is 291 g/mol. The van der Waals surface area contributed by atoms with Crippen LogP contribution in [0.15, 0.2) is 18.5 Å². The predicted molar refractivity (Wildman–Crippen MR) is 86.7 cm³/mol. The zero-order valence-corrected chi connectivity index (χ0v) is 13.9. The first-order chi connectivity index (χ1) is 10.2. The molecule has 1 aliphatic heterocycles. The maximum atomic E-state index is 5.35. The molecule has 1 fully saturated rings. The van der Waals surface area contributed by atoms with E-state index in [0.29, 0.717) is 0 Å². The summed E-state index contributed by atoms with van der Waals surface area (Å²) in [5.74, 6) is 0.829. The lowest BCUT2D eigenvalue weighted by Crippen LogP contribution is -2.54. The number of nitrogens with one attached hydrogen (secondary N) is 1. The summed E-state index contributed by atoms with van der Waals surface area (Å²) >= 11 is 0. The van der Waals surface area contributed by atoms with Crippen molar-refractivity contribution in [1.29, 1.82) is 0 Å². The van der Waals surface area contributed by atoms with Crippen LogP contribution in [0.4, 0.5) is 0 Å². The number of aromatic nitrogens is 1. The molecular formula is C17H29N3O. The fourth-order valence-electron chi connectivity index (χ4n) is 3.90. The molecule has 0 aliphatic carbocycles. The van der Waals surface area contributed by atoms with Gasteiger partial charge < -0.3 is 10.1 Å². The molecule has 1 atom stereocenters. The largest absolute Gasteiger partial charge is 0.495 e. The second-order valence-electron chi connectivity index (χ2n) is 5.88. The van der Waals surface area contributed by atoms with Crippen molar-refractivity contribution in [2.45, 2.75) is 51.1 Å².